The zero-order chi connectivity index (χ0) is 20.0. The molecule has 27 heavy (non-hydrogen) atoms. The monoisotopic (exact) mass is 368 g/mol. The molecular weight excluding hydrogens is 340 g/mol. The topological polar surface area (TPSA) is 55.9 Å². The summed E-state index contributed by atoms with van der Waals surface area (Å²) in [5, 5.41) is 2.90. The molecule has 0 fully saturated rings. The van der Waals surface area contributed by atoms with Crippen molar-refractivity contribution >= 4 is 17.6 Å². The van der Waals surface area contributed by atoms with Crippen molar-refractivity contribution in [3.63, 3.8) is 0 Å². The normalized spacial score (nSPS) is 10.3. The minimum atomic E-state index is -0.139. The third kappa shape index (κ3) is 5.74. The summed E-state index contributed by atoms with van der Waals surface area (Å²) in [5.74, 6) is -0.0365. The zero-order valence-corrected chi connectivity index (χ0v) is 16.7. The van der Waals surface area contributed by atoms with E-state index in [0.29, 0.717) is 18.7 Å². The van der Waals surface area contributed by atoms with Crippen molar-refractivity contribution in [2.45, 2.75) is 13.1 Å². The van der Waals surface area contributed by atoms with E-state index in [2.05, 4.69) is 5.32 Å². The molecule has 144 valence electrons. The van der Waals surface area contributed by atoms with Gasteiger partial charge < -0.3 is 20.0 Å². The van der Waals surface area contributed by atoms with Crippen LogP contribution in [0.2, 0.25) is 0 Å². The van der Waals surface area contributed by atoms with Gasteiger partial charge in [0, 0.05) is 59.6 Å². The lowest BCUT2D eigenvalue weighted by atomic mass is 10.1. The van der Waals surface area contributed by atoms with Gasteiger partial charge in [-0.3, -0.25) is 4.79 Å². The van der Waals surface area contributed by atoms with Crippen LogP contribution in [-0.2, 0) is 13.1 Å². The molecule has 0 aliphatic heterocycles. The lowest BCUT2D eigenvalue weighted by Crippen LogP contribution is -2.36. The second-order valence-corrected chi connectivity index (χ2v) is 6.97. The fourth-order valence-corrected chi connectivity index (χ4v) is 2.58. The summed E-state index contributed by atoms with van der Waals surface area (Å²) in [7, 11) is 9.21. The summed E-state index contributed by atoms with van der Waals surface area (Å²) in [6.45, 7) is 0.953. The smallest absolute Gasteiger partial charge is 0.317 e. The van der Waals surface area contributed by atoms with E-state index in [1.807, 2.05) is 55.4 Å². The maximum absolute atomic E-state index is 12.3. The van der Waals surface area contributed by atoms with Crippen molar-refractivity contribution in [1.82, 2.24) is 15.1 Å². The Balaban J connectivity index is 1.86. The molecule has 0 heterocycles. The largest absolute Gasteiger partial charge is 0.378 e. The predicted octanol–water partition coefficient (Wildman–Crippen LogP) is 2.80. The molecule has 2 aromatic carbocycles. The number of anilines is 1. The first-order valence-corrected chi connectivity index (χ1v) is 8.83. The fraction of sp³-hybridized carbons (Fsp3) is 0.333. The molecule has 0 aliphatic carbocycles. The molecule has 0 bridgehead atoms. The maximum Gasteiger partial charge on any atom is 0.317 e. The number of benzene rings is 2. The van der Waals surface area contributed by atoms with Crippen LogP contribution in [-0.4, -0.2) is 57.0 Å². The molecule has 0 atom stereocenters. The summed E-state index contributed by atoms with van der Waals surface area (Å²) in [6.07, 6.45) is 0. The van der Waals surface area contributed by atoms with Crippen LogP contribution >= 0.6 is 0 Å². The molecule has 2 rings (SSSR count). The third-order valence-corrected chi connectivity index (χ3v) is 4.27. The van der Waals surface area contributed by atoms with Crippen molar-refractivity contribution in [1.29, 1.82) is 0 Å². The van der Waals surface area contributed by atoms with Gasteiger partial charge in [0.15, 0.2) is 0 Å². The number of hydrogen-bond acceptors (Lipinski definition) is 3. The highest BCUT2D eigenvalue weighted by molar-refractivity contribution is 5.93. The van der Waals surface area contributed by atoms with Crippen molar-refractivity contribution < 1.29 is 9.59 Å². The number of carbonyl (C=O) groups excluding carboxylic acids is 2. The molecule has 0 aromatic heterocycles. The first kappa shape index (κ1) is 20.3. The Bertz CT molecular complexity index is 768. The van der Waals surface area contributed by atoms with E-state index in [9.17, 15) is 9.59 Å². The summed E-state index contributed by atoms with van der Waals surface area (Å²) in [6, 6.07) is 15.3. The first-order chi connectivity index (χ1) is 12.8. The first-order valence-electron chi connectivity index (χ1n) is 8.83. The third-order valence-electron chi connectivity index (χ3n) is 4.27. The zero-order valence-electron chi connectivity index (χ0n) is 16.7. The Morgan fingerprint density at radius 1 is 0.815 bits per heavy atom. The van der Waals surface area contributed by atoms with Crippen LogP contribution < -0.4 is 10.2 Å². The Morgan fingerprint density at radius 3 is 1.89 bits per heavy atom. The SMILES string of the molecule is CN(C)C(=O)c1ccc(CNC(=O)N(C)Cc2ccc(N(C)C)cc2)cc1. The Labute approximate surface area is 161 Å². The molecule has 2 aromatic rings. The number of nitrogens with one attached hydrogen (secondary N) is 1. The van der Waals surface area contributed by atoms with Crippen LogP contribution in [0.15, 0.2) is 48.5 Å². The van der Waals surface area contributed by atoms with E-state index >= 15 is 0 Å². The van der Waals surface area contributed by atoms with Gasteiger partial charge in [-0.25, -0.2) is 4.79 Å². The van der Waals surface area contributed by atoms with Gasteiger partial charge in [-0.05, 0) is 35.4 Å². The van der Waals surface area contributed by atoms with E-state index in [0.717, 1.165) is 16.8 Å². The van der Waals surface area contributed by atoms with Crippen molar-refractivity contribution in [2.75, 3.05) is 40.1 Å². The van der Waals surface area contributed by atoms with Crippen LogP contribution in [0.4, 0.5) is 10.5 Å². The molecular formula is C21H28N4O2. The van der Waals surface area contributed by atoms with Crippen LogP contribution in [0.5, 0.6) is 0 Å². The predicted molar refractivity (Wildman–Crippen MR) is 109 cm³/mol. The average molecular weight is 368 g/mol. The Kier molecular flexibility index (Phi) is 6.82. The summed E-state index contributed by atoms with van der Waals surface area (Å²) in [5.41, 5.74) is 3.78. The molecule has 0 spiro atoms. The van der Waals surface area contributed by atoms with Gasteiger partial charge in [0.2, 0.25) is 0 Å². The van der Waals surface area contributed by atoms with Gasteiger partial charge in [-0.1, -0.05) is 24.3 Å². The van der Waals surface area contributed by atoms with Crippen LogP contribution in [0.25, 0.3) is 0 Å². The molecule has 3 amide bonds. The van der Waals surface area contributed by atoms with Crippen molar-refractivity contribution in [3.05, 3.63) is 65.2 Å². The number of rotatable bonds is 6. The highest BCUT2D eigenvalue weighted by Crippen LogP contribution is 2.13. The fourth-order valence-electron chi connectivity index (χ4n) is 2.58. The minimum absolute atomic E-state index is 0.0365. The molecule has 0 radical (unpaired) electrons. The summed E-state index contributed by atoms with van der Waals surface area (Å²) in [4.78, 5) is 29.4. The number of amides is 3. The molecule has 0 saturated carbocycles. The van der Waals surface area contributed by atoms with Gasteiger partial charge in [0.1, 0.15) is 0 Å². The van der Waals surface area contributed by atoms with Crippen molar-refractivity contribution in [2.24, 2.45) is 0 Å². The van der Waals surface area contributed by atoms with Gasteiger partial charge in [0.25, 0.3) is 5.91 Å². The minimum Gasteiger partial charge on any atom is -0.378 e. The molecule has 1 N–H and O–H groups in total. The van der Waals surface area contributed by atoms with Crippen molar-refractivity contribution in [3.8, 4) is 0 Å². The van der Waals surface area contributed by atoms with E-state index in [-0.39, 0.29) is 11.9 Å². The van der Waals surface area contributed by atoms with Gasteiger partial charge >= 0.3 is 6.03 Å². The molecule has 0 unspecified atom stereocenters. The highest BCUT2D eigenvalue weighted by atomic mass is 16.2. The average Bonchev–Trinajstić information content (AvgIpc) is 2.66. The summed E-state index contributed by atoms with van der Waals surface area (Å²) < 4.78 is 0. The quantitative estimate of drug-likeness (QED) is 0.853. The lowest BCUT2D eigenvalue weighted by Gasteiger charge is -2.19. The van der Waals surface area contributed by atoms with Gasteiger partial charge in [0.05, 0.1) is 0 Å². The Morgan fingerprint density at radius 2 is 1.37 bits per heavy atom. The number of nitrogens with zero attached hydrogens (tertiary/aromatic N) is 3. The van der Waals surface area contributed by atoms with E-state index in [1.54, 1.807) is 38.2 Å². The standard InChI is InChI=1S/C21H28N4O2/c1-23(2)19-12-8-17(9-13-19)15-25(5)21(27)22-14-16-6-10-18(11-7-16)20(26)24(3)4/h6-13H,14-15H2,1-5H3,(H,22,27). The Hall–Kier alpha value is -3.02. The maximum atomic E-state index is 12.3. The van der Waals surface area contributed by atoms with Gasteiger partial charge in [-0.2, -0.15) is 0 Å². The second-order valence-electron chi connectivity index (χ2n) is 6.97. The molecule has 6 nitrogen and oxygen atoms in total. The number of urea groups is 1. The van der Waals surface area contributed by atoms with E-state index < -0.39 is 0 Å². The summed E-state index contributed by atoms with van der Waals surface area (Å²) >= 11 is 0. The van der Waals surface area contributed by atoms with E-state index in [1.165, 1.54) is 4.90 Å². The van der Waals surface area contributed by atoms with Crippen LogP contribution in [0, 0.1) is 0 Å². The second kappa shape index (κ2) is 9.07. The van der Waals surface area contributed by atoms with Crippen LogP contribution in [0.3, 0.4) is 0 Å². The lowest BCUT2D eigenvalue weighted by molar-refractivity contribution is 0.0827. The molecule has 0 aliphatic rings. The number of carbonyl (C=O) groups is 2. The van der Waals surface area contributed by atoms with Crippen LogP contribution in [0.1, 0.15) is 21.5 Å². The number of hydrogen-bond donors (Lipinski definition) is 1. The molecule has 0 saturated heterocycles. The highest BCUT2D eigenvalue weighted by Gasteiger charge is 2.10. The van der Waals surface area contributed by atoms with Gasteiger partial charge in [-0.15, -0.1) is 0 Å². The van der Waals surface area contributed by atoms with E-state index in [4.69, 9.17) is 0 Å². The molecule has 6 heteroatoms.